The molecule has 1 fully saturated rings. The predicted molar refractivity (Wildman–Crippen MR) is 106 cm³/mol. The van der Waals surface area contributed by atoms with Crippen LogP contribution < -0.4 is 15.4 Å². The molecule has 5 nitrogen and oxygen atoms in total. The zero-order chi connectivity index (χ0) is 19.9. The minimum atomic E-state index is -0.725. The number of carbonyl (C=O) groups is 1. The smallest absolute Gasteiger partial charge is 0.307 e. The van der Waals surface area contributed by atoms with E-state index in [4.69, 9.17) is 4.74 Å². The van der Waals surface area contributed by atoms with Gasteiger partial charge in [0.05, 0.1) is 13.0 Å². The van der Waals surface area contributed by atoms with Crippen LogP contribution in [0.5, 0.6) is 5.75 Å². The molecule has 0 amide bonds. The van der Waals surface area contributed by atoms with E-state index in [0.29, 0.717) is 25.3 Å². The molecule has 1 aliphatic heterocycles. The molecule has 28 heavy (non-hydrogen) atoms. The Balaban J connectivity index is 1.58. The number of rotatable bonds is 9. The van der Waals surface area contributed by atoms with E-state index in [0.717, 1.165) is 36.2 Å². The van der Waals surface area contributed by atoms with E-state index < -0.39 is 5.97 Å². The zero-order valence-corrected chi connectivity index (χ0v) is 16.1. The fourth-order valence-electron chi connectivity index (χ4n) is 3.79. The van der Waals surface area contributed by atoms with Gasteiger partial charge >= 0.3 is 5.97 Å². The topological polar surface area (TPSA) is 70.6 Å². The molecule has 0 spiro atoms. The van der Waals surface area contributed by atoms with Crippen molar-refractivity contribution in [1.29, 1.82) is 0 Å². The average Bonchev–Trinajstić information content (AvgIpc) is 3.20. The Hall–Kier alpha value is -2.44. The van der Waals surface area contributed by atoms with Gasteiger partial charge in [-0.2, -0.15) is 0 Å². The molecule has 3 rings (SSSR count). The van der Waals surface area contributed by atoms with Gasteiger partial charge in [-0.25, -0.2) is 4.39 Å². The summed E-state index contributed by atoms with van der Waals surface area (Å²) in [5.74, 6) is -0.725. The lowest BCUT2D eigenvalue weighted by Gasteiger charge is -2.19. The van der Waals surface area contributed by atoms with Crippen LogP contribution >= 0.6 is 0 Å². The number of halogens is 1. The van der Waals surface area contributed by atoms with Crippen LogP contribution in [-0.2, 0) is 24.3 Å². The lowest BCUT2D eigenvalue weighted by Crippen LogP contribution is -2.27. The monoisotopic (exact) mass is 386 g/mol. The highest BCUT2D eigenvalue weighted by Crippen LogP contribution is 2.24. The summed E-state index contributed by atoms with van der Waals surface area (Å²) in [7, 11) is 1.52. The number of nitrogens with one attached hydrogen (secondary N) is 2. The first-order valence-corrected chi connectivity index (χ1v) is 9.60. The molecule has 0 saturated carbocycles. The molecule has 0 aromatic heterocycles. The van der Waals surface area contributed by atoms with E-state index in [-0.39, 0.29) is 17.7 Å². The van der Waals surface area contributed by atoms with E-state index in [1.807, 2.05) is 18.2 Å². The third-order valence-electron chi connectivity index (χ3n) is 5.26. The number of carboxylic acids is 1. The maximum absolute atomic E-state index is 13.6. The number of hydrogen-bond acceptors (Lipinski definition) is 4. The molecular weight excluding hydrogens is 359 g/mol. The van der Waals surface area contributed by atoms with Gasteiger partial charge in [-0.1, -0.05) is 24.3 Å². The summed E-state index contributed by atoms with van der Waals surface area (Å²) in [6, 6.07) is 12.7. The average molecular weight is 386 g/mol. The first-order chi connectivity index (χ1) is 13.5. The molecule has 2 aromatic rings. The molecule has 1 saturated heterocycles. The molecule has 0 radical (unpaired) electrons. The second kappa shape index (κ2) is 9.66. The fourth-order valence-corrected chi connectivity index (χ4v) is 3.79. The van der Waals surface area contributed by atoms with Crippen LogP contribution in [0.25, 0.3) is 0 Å². The van der Waals surface area contributed by atoms with E-state index in [2.05, 4.69) is 16.7 Å². The van der Waals surface area contributed by atoms with Crippen LogP contribution in [0.1, 0.15) is 23.1 Å². The highest BCUT2D eigenvalue weighted by molar-refractivity contribution is 5.71. The Labute approximate surface area is 164 Å². The Kier molecular flexibility index (Phi) is 7.01. The summed E-state index contributed by atoms with van der Waals surface area (Å²) < 4.78 is 18.7. The van der Waals surface area contributed by atoms with Crippen LogP contribution in [0.4, 0.5) is 4.39 Å². The van der Waals surface area contributed by atoms with Gasteiger partial charge in [0.1, 0.15) is 11.6 Å². The molecular formula is C22H27FN2O3. The Morgan fingerprint density at radius 2 is 2.04 bits per heavy atom. The third kappa shape index (κ3) is 5.53. The molecule has 2 atom stereocenters. The SMILES string of the molecule is COc1cc(F)cc(CNCc2cccc(C[C@H](C(=O)O)[C@H]3CCNC3)c2)c1. The van der Waals surface area contributed by atoms with E-state index >= 15 is 0 Å². The number of ether oxygens (including phenoxy) is 1. The first kappa shape index (κ1) is 20.3. The van der Waals surface area contributed by atoms with Gasteiger partial charge in [0.15, 0.2) is 0 Å². The quantitative estimate of drug-likeness (QED) is 0.618. The number of hydrogen-bond donors (Lipinski definition) is 3. The van der Waals surface area contributed by atoms with Crippen molar-refractivity contribution < 1.29 is 19.0 Å². The highest BCUT2D eigenvalue weighted by atomic mass is 19.1. The normalized spacial score (nSPS) is 17.4. The second-order valence-electron chi connectivity index (χ2n) is 7.32. The Morgan fingerprint density at radius 1 is 1.25 bits per heavy atom. The summed E-state index contributed by atoms with van der Waals surface area (Å²) in [6.45, 7) is 2.80. The van der Waals surface area contributed by atoms with E-state index in [9.17, 15) is 14.3 Å². The fraction of sp³-hybridized carbons (Fsp3) is 0.409. The molecule has 0 aliphatic carbocycles. The van der Waals surface area contributed by atoms with Crippen molar-refractivity contribution in [1.82, 2.24) is 10.6 Å². The van der Waals surface area contributed by atoms with E-state index in [1.165, 1.54) is 19.2 Å². The van der Waals surface area contributed by atoms with Gasteiger partial charge in [0.25, 0.3) is 0 Å². The summed E-state index contributed by atoms with van der Waals surface area (Å²) >= 11 is 0. The molecule has 2 aromatic carbocycles. The number of carboxylic acid groups (broad SMARTS) is 1. The van der Waals surface area contributed by atoms with Crippen molar-refractivity contribution in [3.8, 4) is 5.75 Å². The van der Waals surface area contributed by atoms with Gasteiger partial charge in [-0.15, -0.1) is 0 Å². The summed E-state index contributed by atoms with van der Waals surface area (Å²) in [6.07, 6.45) is 1.45. The maximum atomic E-state index is 13.6. The summed E-state index contributed by atoms with van der Waals surface area (Å²) in [4.78, 5) is 11.7. The van der Waals surface area contributed by atoms with Crippen molar-refractivity contribution in [2.75, 3.05) is 20.2 Å². The number of methoxy groups -OCH3 is 1. The lowest BCUT2D eigenvalue weighted by atomic mass is 9.86. The number of aliphatic carboxylic acids is 1. The minimum Gasteiger partial charge on any atom is -0.497 e. The second-order valence-corrected chi connectivity index (χ2v) is 7.32. The van der Waals surface area contributed by atoms with Gasteiger partial charge in [0, 0.05) is 19.2 Å². The summed E-state index contributed by atoms with van der Waals surface area (Å²) in [5, 5.41) is 16.2. The van der Waals surface area contributed by atoms with Crippen molar-refractivity contribution in [2.24, 2.45) is 11.8 Å². The Bertz CT molecular complexity index is 806. The number of benzene rings is 2. The van der Waals surface area contributed by atoms with Crippen molar-refractivity contribution >= 4 is 5.97 Å². The molecule has 1 heterocycles. The maximum Gasteiger partial charge on any atom is 0.307 e. The van der Waals surface area contributed by atoms with Gasteiger partial charge in [-0.05, 0) is 60.7 Å². The molecule has 1 aliphatic rings. The predicted octanol–water partition coefficient (Wildman–Crippen LogP) is 2.98. The molecule has 150 valence electrons. The largest absolute Gasteiger partial charge is 0.497 e. The van der Waals surface area contributed by atoms with Crippen molar-refractivity contribution in [2.45, 2.75) is 25.9 Å². The van der Waals surface area contributed by atoms with Crippen LogP contribution in [-0.4, -0.2) is 31.3 Å². The van der Waals surface area contributed by atoms with Crippen LogP contribution in [0.3, 0.4) is 0 Å². The molecule has 0 bridgehead atoms. The first-order valence-electron chi connectivity index (χ1n) is 9.60. The van der Waals surface area contributed by atoms with Crippen LogP contribution in [0, 0.1) is 17.7 Å². The van der Waals surface area contributed by atoms with Gasteiger partial charge < -0.3 is 20.5 Å². The molecule has 0 unspecified atom stereocenters. The van der Waals surface area contributed by atoms with Crippen molar-refractivity contribution in [3.63, 3.8) is 0 Å². The van der Waals surface area contributed by atoms with Gasteiger partial charge in [-0.3, -0.25) is 4.79 Å². The van der Waals surface area contributed by atoms with E-state index in [1.54, 1.807) is 6.07 Å². The Morgan fingerprint density at radius 3 is 2.75 bits per heavy atom. The van der Waals surface area contributed by atoms with Crippen LogP contribution in [0.15, 0.2) is 42.5 Å². The van der Waals surface area contributed by atoms with Gasteiger partial charge in [0.2, 0.25) is 0 Å². The van der Waals surface area contributed by atoms with Crippen LogP contribution in [0.2, 0.25) is 0 Å². The van der Waals surface area contributed by atoms with Crippen molar-refractivity contribution in [3.05, 3.63) is 65.0 Å². The highest BCUT2D eigenvalue weighted by Gasteiger charge is 2.30. The summed E-state index contributed by atoms with van der Waals surface area (Å²) in [5.41, 5.74) is 2.92. The third-order valence-corrected chi connectivity index (χ3v) is 5.26. The molecule has 3 N–H and O–H groups in total. The lowest BCUT2D eigenvalue weighted by molar-refractivity contribution is -0.143. The zero-order valence-electron chi connectivity index (χ0n) is 16.1. The molecule has 6 heteroatoms. The minimum absolute atomic E-state index is 0.183. The standard InChI is InChI=1S/C22H27FN2O3/c1-28-20-9-17(8-19(23)11-20)13-25-12-16-4-2-3-15(7-16)10-21(22(26)27)18-5-6-24-14-18/h2-4,7-9,11,18,21,24-25H,5-6,10,12-14H2,1H3,(H,26,27)/t18-,21-/m0/s1.